The van der Waals surface area contributed by atoms with Gasteiger partial charge in [-0.05, 0) is 30.5 Å². The number of halogens is 1. The number of aromatic nitrogens is 2. The molecule has 0 atom stereocenters. The molecule has 0 unspecified atom stereocenters. The highest BCUT2D eigenvalue weighted by molar-refractivity contribution is 14.0. The van der Waals surface area contributed by atoms with Gasteiger partial charge < -0.3 is 20.5 Å². The number of nitrogens with one attached hydrogen (secondary N) is 1. The molecule has 0 aliphatic carbocycles. The molecule has 2 aromatic heterocycles. The van der Waals surface area contributed by atoms with Crippen LogP contribution in [0.2, 0.25) is 0 Å². The summed E-state index contributed by atoms with van der Waals surface area (Å²) in [6.45, 7) is 6.51. The van der Waals surface area contributed by atoms with Crippen LogP contribution in [0.15, 0.2) is 41.0 Å². The van der Waals surface area contributed by atoms with Gasteiger partial charge in [-0.3, -0.25) is 4.99 Å². The average Bonchev–Trinajstić information content (AvgIpc) is 3.33. The number of nitrogens with zero attached hydrogens (tertiary/aromatic N) is 4. The van der Waals surface area contributed by atoms with Gasteiger partial charge in [-0.15, -0.1) is 35.3 Å². The third-order valence-electron chi connectivity index (χ3n) is 4.94. The van der Waals surface area contributed by atoms with Crippen molar-refractivity contribution in [3.05, 3.63) is 47.1 Å². The molecule has 0 amide bonds. The summed E-state index contributed by atoms with van der Waals surface area (Å²) >= 11 is 1.69. The van der Waals surface area contributed by atoms with Crippen LogP contribution >= 0.6 is 35.3 Å². The zero-order chi connectivity index (χ0) is 17.9. The number of aromatic amines is 1. The van der Waals surface area contributed by atoms with Gasteiger partial charge in [-0.25, -0.2) is 4.98 Å². The van der Waals surface area contributed by atoms with Crippen molar-refractivity contribution in [1.29, 1.82) is 0 Å². The van der Waals surface area contributed by atoms with Crippen LogP contribution in [0.25, 0.3) is 10.9 Å². The quantitative estimate of drug-likeness (QED) is 0.331. The second kappa shape index (κ2) is 8.92. The van der Waals surface area contributed by atoms with Gasteiger partial charge in [-0.1, -0.05) is 12.1 Å². The molecule has 0 bridgehead atoms. The fourth-order valence-electron chi connectivity index (χ4n) is 3.54. The maximum absolute atomic E-state index is 6.23. The van der Waals surface area contributed by atoms with Crippen molar-refractivity contribution < 1.29 is 0 Å². The van der Waals surface area contributed by atoms with Gasteiger partial charge in [0, 0.05) is 61.4 Å². The van der Waals surface area contributed by atoms with Gasteiger partial charge >= 0.3 is 0 Å². The monoisotopic (exact) mass is 496 g/mol. The fraction of sp³-hybridized carbons (Fsp3) is 0.368. The van der Waals surface area contributed by atoms with Crippen LogP contribution in [0.1, 0.15) is 11.1 Å². The van der Waals surface area contributed by atoms with Crippen molar-refractivity contribution in [3.8, 4) is 0 Å². The standard InChI is InChI=1S/C19H24N6S.HI/c1-14-3-2-4-16-17(14)15(13-23-16)5-6-21-18(20)24-8-10-25(11-9-24)19-22-7-12-26-19;/h2-4,7,12-13,23H,5-6,8-11H2,1H3,(H2,20,21);1H. The zero-order valence-electron chi connectivity index (χ0n) is 15.4. The lowest BCUT2D eigenvalue weighted by Crippen LogP contribution is -2.51. The van der Waals surface area contributed by atoms with E-state index in [-0.39, 0.29) is 24.0 Å². The first-order chi connectivity index (χ1) is 12.7. The van der Waals surface area contributed by atoms with Crippen molar-refractivity contribution in [2.45, 2.75) is 13.3 Å². The predicted octanol–water partition coefficient (Wildman–Crippen LogP) is 3.23. The second-order valence-corrected chi connectivity index (χ2v) is 7.46. The maximum Gasteiger partial charge on any atom is 0.191 e. The minimum absolute atomic E-state index is 0. The Bertz CT molecular complexity index is 896. The summed E-state index contributed by atoms with van der Waals surface area (Å²) in [5, 5.41) is 4.43. The van der Waals surface area contributed by atoms with Crippen LogP contribution in [-0.2, 0) is 6.42 Å². The molecule has 1 aromatic carbocycles. The molecule has 0 radical (unpaired) electrons. The van der Waals surface area contributed by atoms with Crippen LogP contribution in [0, 0.1) is 6.92 Å². The van der Waals surface area contributed by atoms with Crippen LogP contribution in [0.3, 0.4) is 0 Å². The molecule has 1 saturated heterocycles. The van der Waals surface area contributed by atoms with E-state index in [9.17, 15) is 0 Å². The van der Waals surface area contributed by atoms with Crippen LogP contribution in [0.5, 0.6) is 0 Å². The highest BCUT2D eigenvalue weighted by Crippen LogP contribution is 2.22. The van der Waals surface area contributed by atoms with Crippen LogP contribution in [-0.4, -0.2) is 53.6 Å². The molecule has 6 nitrogen and oxygen atoms in total. The average molecular weight is 496 g/mol. The van der Waals surface area contributed by atoms with E-state index in [0.717, 1.165) is 37.7 Å². The smallest absolute Gasteiger partial charge is 0.191 e. The molecule has 3 aromatic rings. The third-order valence-corrected chi connectivity index (χ3v) is 5.78. The molecular formula is C19H25IN6S. The van der Waals surface area contributed by atoms with Crippen molar-refractivity contribution in [2.24, 2.45) is 10.7 Å². The molecule has 0 saturated carbocycles. The summed E-state index contributed by atoms with van der Waals surface area (Å²) in [6, 6.07) is 6.35. The number of H-pyrrole nitrogens is 1. The lowest BCUT2D eigenvalue weighted by atomic mass is 10.1. The van der Waals surface area contributed by atoms with Crippen molar-refractivity contribution in [2.75, 3.05) is 37.6 Å². The molecule has 8 heteroatoms. The Kier molecular flexibility index (Phi) is 6.59. The Hall–Kier alpha value is -1.81. The molecule has 3 N–H and O–H groups in total. The first-order valence-corrected chi connectivity index (χ1v) is 9.85. The molecule has 1 fully saturated rings. The number of aryl methyl sites for hydroxylation is 1. The van der Waals surface area contributed by atoms with Crippen LogP contribution in [0.4, 0.5) is 5.13 Å². The summed E-state index contributed by atoms with van der Waals surface area (Å²) in [4.78, 5) is 16.8. The number of benzene rings is 1. The topological polar surface area (TPSA) is 73.5 Å². The SMILES string of the molecule is Cc1cccc2[nH]cc(CCN=C(N)N3CCN(c4nccs4)CC3)c12.I. The Morgan fingerprint density at radius 1 is 1.30 bits per heavy atom. The summed E-state index contributed by atoms with van der Waals surface area (Å²) in [5.74, 6) is 0.653. The number of fused-ring (bicyclic) bond motifs is 1. The Balaban J connectivity index is 0.00000210. The summed E-state index contributed by atoms with van der Waals surface area (Å²) in [7, 11) is 0. The number of hydrogen-bond acceptors (Lipinski definition) is 4. The predicted molar refractivity (Wildman–Crippen MR) is 125 cm³/mol. The Labute approximate surface area is 180 Å². The number of aliphatic imine (C=N–C) groups is 1. The molecule has 1 aliphatic heterocycles. The normalized spacial score (nSPS) is 15.2. The summed E-state index contributed by atoms with van der Waals surface area (Å²) in [5.41, 5.74) is 10.0. The first-order valence-electron chi connectivity index (χ1n) is 8.97. The van der Waals surface area contributed by atoms with Gasteiger partial charge in [0.05, 0.1) is 0 Å². The number of piperazine rings is 1. The van der Waals surface area contributed by atoms with Gasteiger partial charge in [0.1, 0.15) is 0 Å². The Morgan fingerprint density at radius 2 is 2.11 bits per heavy atom. The number of thiazole rings is 1. The maximum atomic E-state index is 6.23. The lowest BCUT2D eigenvalue weighted by Gasteiger charge is -2.35. The second-order valence-electron chi connectivity index (χ2n) is 6.59. The van der Waals surface area contributed by atoms with Crippen molar-refractivity contribution >= 4 is 57.3 Å². The van der Waals surface area contributed by atoms with E-state index in [1.54, 1.807) is 11.3 Å². The highest BCUT2D eigenvalue weighted by atomic mass is 127. The molecular weight excluding hydrogens is 471 g/mol. The van der Waals surface area contributed by atoms with Crippen LogP contribution < -0.4 is 10.6 Å². The number of hydrogen-bond donors (Lipinski definition) is 2. The zero-order valence-corrected chi connectivity index (χ0v) is 18.5. The van der Waals surface area contributed by atoms with E-state index in [1.807, 2.05) is 11.6 Å². The molecule has 0 spiro atoms. The molecule has 3 heterocycles. The summed E-state index contributed by atoms with van der Waals surface area (Å²) in [6.07, 6.45) is 4.84. The minimum atomic E-state index is 0. The molecule has 1 aliphatic rings. The van der Waals surface area contributed by atoms with Gasteiger partial charge in [0.15, 0.2) is 11.1 Å². The van der Waals surface area contributed by atoms with Gasteiger partial charge in [0.2, 0.25) is 0 Å². The van der Waals surface area contributed by atoms with Crippen molar-refractivity contribution in [3.63, 3.8) is 0 Å². The number of rotatable bonds is 4. The van der Waals surface area contributed by atoms with E-state index >= 15 is 0 Å². The number of anilines is 1. The van der Waals surface area contributed by atoms with E-state index in [1.165, 1.54) is 22.0 Å². The lowest BCUT2D eigenvalue weighted by molar-refractivity contribution is 0.380. The van der Waals surface area contributed by atoms with Gasteiger partial charge in [0.25, 0.3) is 0 Å². The van der Waals surface area contributed by atoms with E-state index in [4.69, 9.17) is 5.73 Å². The molecule has 27 heavy (non-hydrogen) atoms. The van der Waals surface area contributed by atoms with Gasteiger partial charge in [-0.2, -0.15) is 0 Å². The van der Waals surface area contributed by atoms with E-state index in [2.05, 4.69) is 56.1 Å². The molecule has 144 valence electrons. The first kappa shape index (κ1) is 19.9. The summed E-state index contributed by atoms with van der Waals surface area (Å²) < 4.78 is 0. The fourth-order valence-corrected chi connectivity index (χ4v) is 4.24. The molecule has 4 rings (SSSR count). The number of nitrogens with two attached hydrogens (primary N) is 1. The van der Waals surface area contributed by atoms with E-state index in [0.29, 0.717) is 12.5 Å². The highest BCUT2D eigenvalue weighted by Gasteiger charge is 2.19. The van der Waals surface area contributed by atoms with E-state index < -0.39 is 0 Å². The largest absolute Gasteiger partial charge is 0.370 e. The number of guanidine groups is 1. The van der Waals surface area contributed by atoms with Crippen molar-refractivity contribution in [1.82, 2.24) is 14.9 Å². The Morgan fingerprint density at radius 3 is 2.85 bits per heavy atom. The third kappa shape index (κ3) is 4.37. The minimum Gasteiger partial charge on any atom is -0.370 e.